The highest BCUT2D eigenvalue weighted by atomic mass is 35.5. The van der Waals surface area contributed by atoms with Gasteiger partial charge >= 0.3 is 0 Å². The maximum Gasteiger partial charge on any atom is 0.0459 e. The van der Waals surface area contributed by atoms with E-state index in [9.17, 15) is 0 Å². The average Bonchev–Trinajstić information content (AvgIpc) is 2.46. The molecule has 3 rings (SSSR count). The van der Waals surface area contributed by atoms with E-state index in [-0.39, 0.29) is 6.04 Å². The van der Waals surface area contributed by atoms with Gasteiger partial charge in [-0.2, -0.15) is 0 Å². The summed E-state index contributed by atoms with van der Waals surface area (Å²) in [6.07, 6.45) is 0. The van der Waals surface area contributed by atoms with Crippen LogP contribution in [0.1, 0.15) is 24.1 Å². The van der Waals surface area contributed by atoms with E-state index in [0.29, 0.717) is 0 Å². The predicted molar refractivity (Wildman–Crippen MR) is 91.7 cm³/mol. The monoisotopic (exact) mass is 295 g/mol. The number of hydrogen-bond acceptors (Lipinski definition) is 1. The van der Waals surface area contributed by atoms with Crippen molar-refractivity contribution in [1.29, 1.82) is 0 Å². The Morgan fingerprint density at radius 1 is 1.00 bits per heavy atom. The fourth-order valence-corrected chi connectivity index (χ4v) is 3.17. The Labute approximate surface area is 130 Å². The molecule has 0 heterocycles. The second-order valence-corrected chi connectivity index (χ2v) is 5.91. The van der Waals surface area contributed by atoms with Crippen LogP contribution in [0.5, 0.6) is 0 Å². The van der Waals surface area contributed by atoms with Gasteiger partial charge in [0.05, 0.1) is 0 Å². The first-order valence-electron chi connectivity index (χ1n) is 7.11. The van der Waals surface area contributed by atoms with Gasteiger partial charge in [0, 0.05) is 11.1 Å². The Hall–Kier alpha value is -1.83. The third-order valence-corrected chi connectivity index (χ3v) is 4.24. The van der Waals surface area contributed by atoms with Crippen LogP contribution >= 0.6 is 11.6 Å². The number of hydrogen-bond donors (Lipinski definition) is 1. The van der Waals surface area contributed by atoms with Crippen LogP contribution in [0.15, 0.2) is 54.6 Å². The van der Waals surface area contributed by atoms with E-state index in [1.807, 2.05) is 19.1 Å². The molecule has 0 aliphatic rings. The lowest BCUT2D eigenvalue weighted by Gasteiger charge is -2.14. The van der Waals surface area contributed by atoms with Gasteiger partial charge < -0.3 is 5.73 Å². The minimum atomic E-state index is -0.0554. The molecular weight excluding hydrogens is 278 g/mol. The van der Waals surface area contributed by atoms with E-state index in [2.05, 4.69) is 49.4 Å². The molecule has 1 atom stereocenters. The van der Waals surface area contributed by atoms with Crippen LogP contribution in [0.2, 0.25) is 5.02 Å². The van der Waals surface area contributed by atoms with Crippen LogP contribution in [0.4, 0.5) is 0 Å². The highest BCUT2D eigenvalue weighted by molar-refractivity contribution is 6.31. The van der Waals surface area contributed by atoms with Gasteiger partial charge in [-0.3, -0.25) is 0 Å². The molecule has 3 aromatic carbocycles. The number of aryl methyl sites for hydroxylation is 1. The minimum absolute atomic E-state index is 0.0554. The molecular formula is C19H18ClN. The first-order valence-corrected chi connectivity index (χ1v) is 7.49. The van der Waals surface area contributed by atoms with Crippen molar-refractivity contribution in [2.24, 2.45) is 5.73 Å². The van der Waals surface area contributed by atoms with Crippen molar-refractivity contribution in [3.05, 3.63) is 70.7 Å². The Balaban J connectivity index is 2.25. The maximum absolute atomic E-state index is 6.40. The number of nitrogens with two attached hydrogens (primary N) is 1. The molecule has 1 unspecified atom stereocenters. The van der Waals surface area contributed by atoms with Crippen LogP contribution in [0.25, 0.3) is 21.9 Å². The highest BCUT2D eigenvalue weighted by Gasteiger charge is 2.11. The molecule has 0 spiro atoms. The minimum Gasteiger partial charge on any atom is -0.324 e. The lowest BCUT2D eigenvalue weighted by molar-refractivity contribution is 0.819. The van der Waals surface area contributed by atoms with Crippen LogP contribution < -0.4 is 5.73 Å². The summed E-state index contributed by atoms with van der Waals surface area (Å²) in [5.41, 5.74) is 10.6. The van der Waals surface area contributed by atoms with Crippen LogP contribution in [-0.4, -0.2) is 0 Å². The molecule has 0 aromatic heterocycles. The zero-order chi connectivity index (χ0) is 15.0. The van der Waals surface area contributed by atoms with Crippen molar-refractivity contribution in [1.82, 2.24) is 0 Å². The molecule has 2 N–H and O–H groups in total. The molecule has 106 valence electrons. The third-order valence-electron chi connectivity index (χ3n) is 3.92. The normalized spacial score (nSPS) is 12.6. The van der Waals surface area contributed by atoms with Crippen molar-refractivity contribution in [3.8, 4) is 11.1 Å². The average molecular weight is 296 g/mol. The molecule has 0 fully saturated rings. The fraction of sp³-hybridized carbons (Fsp3) is 0.158. The second-order valence-electron chi connectivity index (χ2n) is 5.50. The van der Waals surface area contributed by atoms with E-state index in [4.69, 9.17) is 17.3 Å². The molecule has 0 bridgehead atoms. The Morgan fingerprint density at radius 3 is 2.48 bits per heavy atom. The molecule has 3 aromatic rings. The fourth-order valence-electron chi connectivity index (χ4n) is 2.82. The first kappa shape index (κ1) is 14.1. The summed E-state index contributed by atoms with van der Waals surface area (Å²) in [4.78, 5) is 0. The maximum atomic E-state index is 6.40. The van der Waals surface area contributed by atoms with Gasteiger partial charge in [-0.1, -0.05) is 60.1 Å². The summed E-state index contributed by atoms with van der Waals surface area (Å²) in [6, 6.07) is 18.9. The first-order chi connectivity index (χ1) is 10.1. The number of fused-ring (bicyclic) bond motifs is 1. The SMILES string of the molecule is Cc1ccc2ccccc2c1-c1ccc(C(C)N)c(Cl)c1. The van der Waals surface area contributed by atoms with Gasteiger partial charge in [0.1, 0.15) is 0 Å². The molecule has 2 heteroatoms. The number of rotatable bonds is 2. The van der Waals surface area contributed by atoms with Crippen molar-refractivity contribution >= 4 is 22.4 Å². The molecule has 0 saturated heterocycles. The quantitative estimate of drug-likeness (QED) is 0.665. The molecule has 0 amide bonds. The van der Waals surface area contributed by atoms with Gasteiger partial charge in [-0.15, -0.1) is 0 Å². The van der Waals surface area contributed by atoms with Gasteiger partial charge in [-0.25, -0.2) is 0 Å². The van der Waals surface area contributed by atoms with Crippen molar-refractivity contribution in [3.63, 3.8) is 0 Å². The van der Waals surface area contributed by atoms with Crippen LogP contribution in [-0.2, 0) is 0 Å². The summed E-state index contributed by atoms with van der Waals surface area (Å²) in [7, 11) is 0. The summed E-state index contributed by atoms with van der Waals surface area (Å²) in [6.45, 7) is 4.08. The van der Waals surface area contributed by atoms with E-state index >= 15 is 0 Å². The molecule has 0 radical (unpaired) electrons. The zero-order valence-electron chi connectivity index (χ0n) is 12.2. The summed E-state index contributed by atoms with van der Waals surface area (Å²) < 4.78 is 0. The molecule has 0 saturated carbocycles. The Bertz CT molecular complexity index is 806. The van der Waals surface area contributed by atoms with Crippen molar-refractivity contribution in [2.45, 2.75) is 19.9 Å². The van der Waals surface area contributed by atoms with E-state index < -0.39 is 0 Å². The standard InChI is InChI=1S/C19H18ClN/c1-12-7-8-14-5-3-4-6-17(14)19(12)15-9-10-16(13(2)21)18(20)11-15/h3-11,13H,21H2,1-2H3. The van der Waals surface area contributed by atoms with E-state index in [0.717, 1.165) is 16.1 Å². The summed E-state index contributed by atoms with van der Waals surface area (Å²) in [5.74, 6) is 0. The molecule has 21 heavy (non-hydrogen) atoms. The summed E-state index contributed by atoms with van der Waals surface area (Å²) in [5, 5.41) is 3.22. The van der Waals surface area contributed by atoms with E-state index in [1.165, 1.54) is 21.9 Å². The highest BCUT2D eigenvalue weighted by Crippen LogP contribution is 2.34. The largest absolute Gasteiger partial charge is 0.324 e. The van der Waals surface area contributed by atoms with Gasteiger partial charge in [0.2, 0.25) is 0 Å². The van der Waals surface area contributed by atoms with E-state index in [1.54, 1.807) is 0 Å². The zero-order valence-corrected chi connectivity index (χ0v) is 13.0. The summed E-state index contributed by atoms with van der Waals surface area (Å²) >= 11 is 6.40. The van der Waals surface area contributed by atoms with Crippen molar-refractivity contribution < 1.29 is 0 Å². The van der Waals surface area contributed by atoms with Crippen LogP contribution in [0.3, 0.4) is 0 Å². The molecule has 0 aliphatic carbocycles. The van der Waals surface area contributed by atoms with Gasteiger partial charge in [0.25, 0.3) is 0 Å². The predicted octanol–water partition coefficient (Wildman–Crippen LogP) is 5.49. The molecule has 0 aliphatic heterocycles. The number of benzene rings is 3. The van der Waals surface area contributed by atoms with Crippen molar-refractivity contribution in [2.75, 3.05) is 0 Å². The Kier molecular flexibility index (Phi) is 3.71. The smallest absolute Gasteiger partial charge is 0.0459 e. The van der Waals surface area contributed by atoms with Crippen LogP contribution in [0, 0.1) is 6.92 Å². The third kappa shape index (κ3) is 2.55. The lowest BCUT2D eigenvalue weighted by atomic mass is 9.93. The Morgan fingerprint density at radius 2 is 1.76 bits per heavy atom. The molecule has 1 nitrogen and oxygen atoms in total. The second kappa shape index (κ2) is 5.51. The topological polar surface area (TPSA) is 26.0 Å². The number of halogens is 1. The van der Waals surface area contributed by atoms with Gasteiger partial charge in [-0.05, 0) is 52.9 Å². The van der Waals surface area contributed by atoms with Gasteiger partial charge in [0.15, 0.2) is 0 Å². The lowest BCUT2D eigenvalue weighted by Crippen LogP contribution is -2.05.